The number of pyridine rings is 1. The third kappa shape index (κ3) is 4.44. The number of ether oxygens (including phenoxy) is 1. The Balaban J connectivity index is 1.35. The number of aryl methyl sites for hydroxylation is 1. The fraction of sp³-hybridized carbons (Fsp3) is 0.208. The van der Waals surface area contributed by atoms with Crippen molar-refractivity contribution in [2.75, 3.05) is 5.32 Å². The maximum atomic E-state index is 12.6. The van der Waals surface area contributed by atoms with Crippen LogP contribution in [0.1, 0.15) is 34.6 Å². The first-order chi connectivity index (χ1) is 14.1. The molecule has 4 rings (SSSR count). The summed E-state index contributed by atoms with van der Waals surface area (Å²) in [4.78, 5) is 16.7. The van der Waals surface area contributed by atoms with Gasteiger partial charge in [0.2, 0.25) is 5.91 Å². The first-order valence-corrected chi connectivity index (χ1v) is 9.57. The second-order valence-corrected chi connectivity index (χ2v) is 7.30. The number of nitrogens with one attached hydrogen (secondary N) is 1. The Morgan fingerprint density at radius 3 is 2.90 bits per heavy atom. The molecule has 5 nitrogen and oxygen atoms in total. The van der Waals surface area contributed by atoms with Crippen LogP contribution in [0.25, 0.3) is 0 Å². The summed E-state index contributed by atoms with van der Waals surface area (Å²) in [6, 6.07) is 19.0. The van der Waals surface area contributed by atoms with E-state index in [2.05, 4.69) is 16.4 Å². The number of amides is 1. The van der Waals surface area contributed by atoms with Gasteiger partial charge in [-0.3, -0.25) is 9.78 Å². The van der Waals surface area contributed by atoms with E-state index in [-0.39, 0.29) is 17.7 Å². The maximum absolute atomic E-state index is 12.6. The van der Waals surface area contributed by atoms with Crippen molar-refractivity contribution < 1.29 is 9.53 Å². The van der Waals surface area contributed by atoms with Crippen molar-refractivity contribution in [1.82, 2.24) is 4.98 Å². The zero-order valence-electron chi connectivity index (χ0n) is 16.1. The second-order valence-electron chi connectivity index (χ2n) is 7.30. The van der Waals surface area contributed by atoms with Crippen LogP contribution in [0.5, 0.6) is 5.75 Å². The number of hydrogen-bond acceptors (Lipinski definition) is 4. The van der Waals surface area contributed by atoms with Gasteiger partial charge in [0.1, 0.15) is 12.4 Å². The topological polar surface area (TPSA) is 75.0 Å². The molecule has 1 heterocycles. The highest BCUT2D eigenvalue weighted by Gasteiger charge is 2.44. The van der Waals surface area contributed by atoms with Crippen LogP contribution in [0.2, 0.25) is 0 Å². The summed E-state index contributed by atoms with van der Waals surface area (Å²) in [5.74, 6) is 1.03. The quantitative estimate of drug-likeness (QED) is 0.676. The lowest BCUT2D eigenvalue weighted by Gasteiger charge is -2.12. The molecule has 1 aliphatic carbocycles. The van der Waals surface area contributed by atoms with Crippen molar-refractivity contribution in [3.05, 3.63) is 89.2 Å². The molecular formula is C24H21N3O2. The van der Waals surface area contributed by atoms with Crippen LogP contribution in [0, 0.1) is 24.2 Å². The predicted octanol–water partition coefficient (Wildman–Crippen LogP) is 4.58. The molecule has 1 saturated carbocycles. The molecule has 1 aromatic heterocycles. The maximum Gasteiger partial charge on any atom is 0.228 e. The zero-order chi connectivity index (χ0) is 20.2. The Morgan fingerprint density at radius 2 is 2.14 bits per heavy atom. The van der Waals surface area contributed by atoms with Crippen LogP contribution in [0.3, 0.4) is 0 Å². The molecule has 2 aromatic carbocycles. The van der Waals surface area contributed by atoms with Crippen LogP contribution >= 0.6 is 0 Å². The first-order valence-electron chi connectivity index (χ1n) is 9.57. The Labute approximate surface area is 170 Å². The summed E-state index contributed by atoms with van der Waals surface area (Å²) < 4.78 is 5.84. The summed E-state index contributed by atoms with van der Waals surface area (Å²) in [6.07, 6.45) is 4.44. The Bertz CT molecular complexity index is 1070. The predicted molar refractivity (Wildman–Crippen MR) is 110 cm³/mol. The normalized spacial score (nSPS) is 17.2. The van der Waals surface area contributed by atoms with Gasteiger partial charge in [0.05, 0.1) is 11.6 Å². The molecular weight excluding hydrogens is 362 g/mol. The number of benzene rings is 2. The van der Waals surface area contributed by atoms with E-state index < -0.39 is 0 Å². The van der Waals surface area contributed by atoms with Crippen LogP contribution in [0.4, 0.5) is 5.69 Å². The van der Waals surface area contributed by atoms with Crippen molar-refractivity contribution >= 4 is 11.6 Å². The number of hydrogen-bond donors (Lipinski definition) is 1. The Kier molecular flexibility index (Phi) is 5.26. The molecule has 144 valence electrons. The molecule has 1 N–H and O–H groups in total. The van der Waals surface area contributed by atoms with E-state index in [4.69, 9.17) is 10.00 Å². The molecule has 0 aliphatic heterocycles. The summed E-state index contributed by atoms with van der Waals surface area (Å²) in [7, 11) is 0. The first kappa shape index (κ1) is 18.7. The van der Waals surface area contributed by atoms with Gasteiger partial charge >= 0.3 is 0 Å². The SMILES string of the molecule is Cc1cc(OCc2cccc(C#N)c2)ccc1NC(=O)C1CC1c1cccnc1. The van der Waals surface area contributed by atoms with Gasteiger partial charge < -0.3 is 10.1 Å². The summed E-state index contributed by atoms with van der Waals surface area (Å²) >= 11 is 0. The molecule has 1 amide bonds. The lowest BCUT2D eigenvalue weighted by atomic mass is 10.1. The average molecular weight is 383 g/mol. The minimum Gasteiger partial charge on any atom is -0.489 e. The van der Waals surface area contributed by atoms with Gasteiger partial charge in [-0.1, -0.05) is 18.2 Å². The van der Waals surface area contributed by atoms with Gasteiger partial charge in [0.25, 0.3) is 0 Å². The number of carbonyl (C=O) groups excluding carboxylic acids is 1. The van der Waals surface area contributed by atoms with E-state index in [0.29, 0.717) is 12.2 Å². The third-order valence-electron chi connectivity index (χ3n) is 5.16. The fourth-order valence-electron chi connectivity index (χ4n) is 3.44. The van der Waals surface area contributed by atoms with Crippen molar-refractivity contribution in [3.8, 4) is 11.8 Å². The van der Waals surface area contributed by atoms with Crippen LogP contribution in [0.15, 0.2) is 67.0 Å². The lowest BCUT2D eigenvalue weighted by molar-refractivity contribution is -0.117. The van der Waals surface area contributed by atoms with Crippen molar-refractivity contribution in [3.63, 3.8) is 0 Å². The number of aromatic nitrogens is 1. The molecule has 0 saturated heterocycles. The highest BCUT2D eigenvalue weighted by Crippen LogP contribution is 2.47. The Hall–Kier alpha value is -3.65. The Morgan fingerprint density at radius 1 is 1.24 bits per heavy atom. The van der Waals surface area contributed by atoms with Crippen molar-refractivity contribution in [1.29, 1.82) is 5.26 Å². The van der Waals surface area contributed by atoms with Gasteiger partial charge in [0, 0.05) is 24.0 Å². The largest absolute Gasteiger partial charge is 0.489 e. The summed E-state index contributed by atoms with van der Waals surface area (Å²) in [6.45, 7) is 2.33. The monoisotopic (exact) mass is 383 g/mol. The molecule has 29 heavy (non-hydrogen) atoms. The van der Waals surface area contributed by atoms with Gasteiger partial charge in [-0.25, -0.2) is 0 Å². The molecule has 3 aromatic rings. The van der Waals surface area contributed by atoms with Gasteiger partial charge in [-0.2, -0.15) is 5.26 Å². The fourth-order valence-corrected chi connectivity index (χ4v) is 3.44. The van der Waals surface area contributed by atoms with Crippen molar-refractivity contribution in [2.45, 2.75) is 25.9 Å². The van der Waals surface area contributed by atoms with Gasteiger partial charge in [-0.15, -0.1) is 0 Å². The van der Waals surface area contributed by atoms with E-state index in [1.165, 1.54) is 0 Å². The number of carbonyl (C=O) groups is 1. The average Bonchev–Trinajstić information content (AvgIpc) is 3.56. The summed E-state index contributed by atoms with van der Waals surface area (Å²) in [5, 5.41) is 12.0. The van der Waals surface area contributed by atoms with Gasteiger partial charge in [0.15, 0.2) is 0 Å². The molecule has 1 aliphatic rings. The van der Waals surface area contributed by atoms with Crippen LogP contribution in [-0.4, -0.2) is 10.9 Å². The van der Waals surface area contributed by atoms with E-state index >= 15 is 0 Å². The molecule has 0 bridgehead atoms. The van der Waals surface area contributed by atoms with Gasteiger partial charge in [-0.05, 0) is 72.4 Å². The van der Waals surface area contributed by atoms with E-state index in [1.807, 2.05) is 61.7 Å². The van der Waals surface area contributed by atoms with Crippen LogP contribution in [-0.2, 0) is 11.4 Å². The minimum absolute atomic E-state index is 0.00179. The standard InChI is InChI=1S/C24H21N3O2/c1-16-10-20(29-15-18-5-2-4-17(11-18)13-25)7-8-23(16)27-24(28)22-12-21(22)19-6-3-9-26-14-19/h2-11,14,21-22H,12,15H2,1H3,(H,27,28). The third-order valence-corrected chi connectivity index (χ3v) is 5.16. The lowest BCUT2D eigenvalue weighted by Crippen LogP contribution is -2.15. The molecule has 5 heteroatoms. The van der Waals surface area contributed by atoms with Crippen LogP contribution < -0.4 is 10.1 Å². The van der Waals surface area contributed by atoms with Crippen molar-refractivity contribution in [2.24, 2.45) is 5.92 Å². The summed E-state index contributed by atoms with van der Waals surface area (Å²) in [5.41, 5.74) is 4.42. The molecule has 2 atom stereocenters. The highest BCUT2D eigenvalue weighted by molar-refractivity contribution is 5.95. The van der Waals surface area contributed by atoms with E-state index in [9.17, 15) is 4.79 Å². The molecule has 1 fully saturated rings. The smallest absolute Gasteiger partial charge is 0.228 e. The molecule has 0 radical (unpaired) electrons. The highest BCUT2D eigenvalue weighted by atomic mass is 16.5. The minimum atomic E-state index is 0.00179. The van der Waals surface area contributed by atoms with E-state index in [1.54, 1.807) is 12.3 Å². The second kappa shape index (κ2) is 8.15. The number of nitriles is 1. The number of nitrogens with zero attached hydrogens (tertiary/aromatic N) is 2. The number of rotatable bonds is 6. The number of anilines is 1. The molecule has 2 unspecified atom stereocenters. The molecule has 0 spiro atoms. The zero-order valence-corrected chi connectivity index (χ0v) is 16.1. The van der Waals surface area contributed by atoms with E-state index in [0.717, 1.165) is 34.5 Å².